The Labute approximate surface area is 293 Å². The second kappa shape index (κ2) is 15.9. The summed E-state index contributed by atoms with van der Waals surface area (Å²) < 4.78 is 93.0. The molecule has 4 amide bonds. The standard InChI is InChI=1S/C34H47F5N4O8/c1-20(2)43(21-10-9-13-41(18-21)31(47)51-32(3,4)5)29(45)22-16-24-25(17-23(22)34(37,38)39)50-33(6,19-49-26-11-7-8-15-48-26)30(46)42(24)14-12-40-28(44)27(35)36/h16-17,20-21,26-27H,7-15,18-19H2,1-6H3,(H,40,44)/t21-,26?,33?/m1/s1. The number of carbonyl (C=O) groups is 4. The molecule has 3 aliphatic rings. The third-order valence-corrected chi connectivity index (χ3v) is 8.71. The Hall–Kier alpha value is -3.73. The minimum Gasteiger partial charge on any atom is -0.473 e. The molecule has 12 nitrogen and oxygen atoms in total. The molecule has 2 unspecified atom stereocenters. The summed E-state index contributed by atoms with van der Waals surface area (Å²) in [5, 5.41) is 2.00. The van der Waals surface area contributed by atoms with E-state index in [0.29, 0.717) is 38.5 Å². The van der Waals surface area contributed by atoms with Crippen molar-refractivity contribution >= 4 is 29.5 Å². The van der Waals surface area contributed by atoms with E-state index in [9.17, 15) is 41.1 Å². The van der Waals surface area contributed by atoms with Gasteiger partial charge in [0.2, 0.25) is 5.60 Å². The maximum absolute atomic E-state index is 14.8. The SMILES string of the molecule is CC(C)N(C(=O)c1cc2c(cc1C(F)(F)F)OC(C)(COC1CCCCO1)C(=O)N2CCNC(=O)C(F)F)[C@@H]1CCCN(C(=O)OC(C)(C)C)C1. The molecule has 0 radical (unpaired) electrons. The molecular formula is C34H47F5N4O8. The molecule has 4 rings (SSSR count). The molecule has 3 aliphatic heterocycles. The van der Waals surface area contributed by atoms with E-state index in [1.807, 2.05) is 5.32 Å². The van der Waals surface area contributed by atoms with E-state index in [2.05, 4.69) is 0 Å². The van der Waals surface area contributed by atoms with Crippen LogP contribution in [0.5, 0.6) is 5.75 Å². The van der Waals surface area contributed by atoms with Crippen molar-refractivity contribution in [2.24, 2.45) is 0 Å². The molecule has 0 saturated carbocycles. The predicted octanol–water partition coefficient (Wildman–Crippen LogP) is 5.36. The summed E-state index contributed by atoms with van der Waals surface area (Å²) in [5.74, 6) is -3.80. The van der Waals surface area contributed by atoms with Gasteiger partial charge in [-0.05, 0) is 85.8 Å². The number of halogens is 5. The van der Waals surface area contributed by atoms with Crippen molar-refractivity contribution in [1.82, 2.24) is 15.1 Å². The number of nitrogens with zero attached hydrogens (tertiary/aromatic N) is 3. The van der Waals surface area contributed by atoms with Crippen LogP contribution in [0.3, 0.4) is 0 Å². The summed E-state index contributed by atoms with van der Waals surface area (Å²) in [4.78, 5) is 56.5. The van der Waals surface area contributed by atoms with E-state index in [4.69, 9.17) is 18.9 Å². The third kappa shape index (κ3) is 9.78. The number of hydrogen-bond donors (Lipinski definition) is 1. The summed E-state index contributed by atoms with van der Waals surface area (Å²) >= 11 is 0. The Kier molecular flexibility index (Phi) is 12.5. The first-order valence-electron chi connectivity index (χ1n) is 17.1. The van der Waals surface area contributed by atoms with Gasteiger partial charge in [-0.15, -0.1) is 0 Å². The van der Waals surface area contributed by atoms with E-state index in [1.54, 1.807) is 34.6 Å². The fourth-order valence-electron chi connectivity index (χ4n) is 6.36. The highest BCUT2D eigenvalue weighted by Crippen LogP contribution is 2.45. The minimum atomic E-state index is -5.05. The number of carbonyl (C=O) groups excluding carboxylic acids is 4. The lowest BCUT2D eigenvalue weighted by Crippen LogP contribution is -2.58. The molecular weight excluding hydrogens is 687 g/mol. The highest BCUT2D eigenvalue weighted by atomic mass is 19.4. The van der Waals surface area contributed by atoms with E-state index in [0.717, 1.165) is 23.8 Å². The summed E-state index contributed by atoms with van der Waals surface area (Å²) in [7, 11) is 0. The molecule has 286 valence electrons. The molecule has 0 aliphatic carbocycles. The predicted molar refractivity (Wildman–Crippen MR) is 174 cm³/mol. The highest BCUT2D eigenvalue weighted by Gasteiger charge is 2.48. The number of fused-ring (bicyclic) bond motifs is 1. The molecule has 17 heteroatoms. The van der Waals surface area contributed by atoms with Crippen molar-refractivity contribution in [3.8, 4) is 5.75 Å². The van der Waals surface area contributed by atoms with Gasteiger partial charge in [-0.3, -0.25) is 14.4 Å². The number of anilines is 1. The smallest absolute Gasteiger partial charge is 0.417 e. The number of nitrogens with one attached hydrogen (secondary N) is 1. The van der Waals surface area contributed by atoms with Crippen LogP contribution >= 0.6 is 0 Å². The van der Waals surface area contributed by atoms with Crippen LogP contribution in [0.15, 0.2) is 12.1 Å². The number of hydrogen-bond acceptors (Lipinski definition) is 8. The monoisotopic (exact) mass is 734 g/mol. The van der Waals surface area contributed by atoms with Crippen molar-refractivity contribution in [2.45, 2.75) is 116 Å². The molecule has 51 heavy (non-hydrogen) atoms. The number of piperidine rings is 1. The van der Waals surface area contributed by atoms with Gasteiger partial charge in [-0.1, -0.05) is 0 Å². The average molecular weight is 735 g/mol. The molecule has 0 aromatic heterocycles. The van der Waals surface area contributed by atoms with Crippen LogP contribution in [0.1, 0.15) is 89.6 Å². The third-order valence-electron chi connectivity index (χ3n) is 8.71. The van der Waals surface area contributed by atoms with Gasteiger partial charge in [0.25, 0.3) is 17.7 Å². The van der Waals surface area contributed by atoms with Gasteiger partial charge in [0.15, 0.2) is 6.29 Å². The first-order valence-corrected chi connectivity index (χ1v) is 17.1. The van der Waals surface area contributed by atoms with Crippen molar-refractivity contribution in [2.75, 3.05) is 44.3 Å². The molecule has 3 heterocycles. The summed E-state index contributed by atoms with van der Waals surface area (Å²) in [6.45, 7) is 9.15. The average Bonchev–Trinajstić information content (AvgIpc) is 3.04. The molecule has 0 spiro atoms. The van der Waals surface area contributed by atoms with Gasteiger partial charge in [-0.25, -0.2) is 4.79 Å². The van der Waals surface area contributed by atoms with Crippen LogP contribution in [-0.4, -0.2) is 109 Å². The Morgan fingerprint density at radius 2 is 1.80 bits per heavy atom. The van der Waals surface area contributed by atoms with E-state index in [1.165, 1.54) is 16.7 Å². The highest BCUT2D eigenvalue weighted by molar-refractivity contribution is 6.05. The maximum atomic E-state index is 14.8. The van der Waals surface area contributed by atoms with E-state index >= 15 is 0 Å². The van der Waals surface area contributed by atoms with Crippen LogP contribution in [0, 0.1) is 0 Å². The molecule has 1 aromatic rings. The van der Waals surface area contributed by atoms with Crippen LogP contribution < -0.4 is 15.0 Å². The minimum absolute atomic E-state index is 0.0196. The van der Waals surface area contributed by atoms with Crippen LogP contribution in [-0.2, 0) is 30.0 Å². The molecule has 3 atom stereocenters. The number of likely N-dealkylation sites (tertiary alicyclic amines) is 1. The normalized spacial score (nSPS) is 22.8. The Balaban J connectivity index is 1.73. The zero-order valence-electron chi connectivity index (χ0n) is 29.7. The first kappa shape index (κ1) is 40.0. The zero-order valence-corrected chi connectivity index (χ0v) is 29.7. The second-order valence-electron chi connectivity index (χ2n) is 14.4. The summed E-state index contributed by atoms with van der Waals surface area (Å²) in [5.41, 5.74) is -5.00. The fraction of sp³-hybridized carbons (Fsp3) is 0.706. The molecule has 2 fully saturated rings. The van der Waals surface area contributed by atoms with Gasteiger partial charge in [0.05, 0.1) is 29.5 Å². The van der Waals surface area contributed by atoms with Gasteiger partial charge >= 0.3 is 18.7 Å². The van der Waals surface area contributed by atoms with Crippen LogP contribution in [0.25, 0.3) is 0 Å². The van der Waals surface area contributed by atoms with Gasteiger partial charge in [0.1, 0.15) is 11.4 Å². The fourth-order valence-corrected chi connectivity index (χ4v) is 6.36. The van der Waals surface area contributed by atoms with Crippen molar-refractivity contribution < 1.29 is 60.1 Å². The van der Waals surface area contributed by atoms with Crippen LogP contribution in [0.2, 0.25) is 0 Å². The zero-order chi connectivity index (χ0) is 37.9. The lowest BCUT2D eigenvalue weighted by atomic mass is 9.96. The van der Waals surface area contributed by atoms with Gasteiger partial charge < -0.3 is 39.0 Å². The molecule has 1 aromatic carbocycles. The molecule has 0 bridgehead atoms. The van der Waals surface area contributed by atoms with Crippen molar-refractivity contribution in [1.29, 1.82) is 0 Å². The van der Waals surface area contributed by atoms with Crippen molar-refractivity contribution in [3.63, 3.8) is 0 Å². The summed E-state index contributed by atoms with van der Waals surface area (Å²) in [6.07, 6.45) is -6.67. The van der Waals surface area contributed by atoms with E-state index in [-0.39, 0.29) is 12.2 Å². The first-order chi connectivity index (χ1) is 23.7. The Morgan fingerprint density at radius 1 is 1.10 bits per heavy atom. The largest absolute Gasteiger partial charge is 0.473 e. The number of ether oxygens (including phenoxy) is 4. The van der Waals surface area contributed by atoms with Gasteiger partial charge in [-0.2, -0.15) is 22.0 Å². The lowest BCUT2D eigenvalue weighted by molar-refractivity contribution is -0.188. The van der Waals surface area contributed by atoms with Gasteiger partial charge in [0, 0.05) is 38.8 Å². The molecule has 2 saturated heterocycles. The topological polar surface area (TPSA) is 127 Å². The number of benzene rings is 1. The molecule has 1 N–H and O–H groups in total. The van der Waals surface area contributed by atoms with Crippen molar-refractivity contribution in [3.05, 3.63) is 23.3 Å². The Bertz CT molecular complexity index is 1450. The number of amides is 4. The summed E-state index contributed by atoms with van der Waals surface area (Å²) in [6, 6.07) is 0.264. The Morgan fingerprint density at radius 3 is 2.39 bits per heavy atom. The second-order valence-corrected chi connectivity index (χ2v) is 14.4. The van der Waals surface area contributed by atoms with Crippen LogP contribution in [0.4, 0.5) is 32.4 Å². The number of rotatable bonds is 10. The quantitative estimate of drug-likeness (QED) is 0.319. The lowest BCUT2D eigenvalue weighted by Gasteiger charge is -2.43. The maximum Gasteiger partial charge on any atom is 0.417 e. The van der Waals surface area contributed by atoms with E-state index < -0.39 is 103 Å². The number of alkyl halides is 5.